The summed E-state index contributed by atoms with van der Waals surface area (Å²) < 4.78 is 24.8. The van der Waals surface area contributed by atoms with Gasteiger partial charge in [0.2, 0.25) is 0 Å². The Morgan fingerprint density at radius 1 is 0.938 bits per heavy atom. The van der Waals surface area contributed by atoms with E-state index in [0.717, 1.165) is 33.6 Å². The molecular formula is C23H18ClN5O2S. The van der Waals surface area contributed by atoms with Gasteiger partial charge in [-0.05, 0) is 64.7 Å². The summed E-state index contributed by atoms with van der Waals surface area (Å²) in [5.74, 6) is -0.230. The van der Waals surface area contributed by atoms with Gasteiger partial charge < -0.3 is 4.98 Å². The van der Waals surface area contributed by atoms with E-state index in [1.807, 2.05) is 42.5 Å². The zero-order valence-corrected chi connectivity index (χ0v) is 18.4. The third-order valence-corrected chi connectivity index (χ3v) is 6.95. The van der Waals surface area contributed by atoms with Crippen molar-refractivity contribution in [3.05, 3.63) is 94.6 Å². The molecule has 0 fully saturated rings. The molecule has 0 radical (unpaired) electrons. The summed E-state index contributed by atoms with van der Waals surface area (Å²) in [6.07, 6.45) is 3.48. The Morgan fingerprint density at radius 3 is 2.25 bits per heavy atom. The van der Waals surface area contributed by atoms with Crippen molar-refractivity contribution in [3.63, 3.8) is 0 Å². The number of benzene rings is 2. The fourth-order valence-electron chi connectivity index (χ4n) is 3.38. The van der Waals surface area contributed by atoms with Crippen LogP contribution in [0.25, 0.3) is 44.1 Å². The maximum atomic E-state index is 12.4. The highest BCUT2D eigenvalue weighted by atomic mass is 35.5. The predicted molar refractivity (Wildman–Crippen MR) is 126 cm³/mol. The summed E-state index contributed by atoms with van der Waals surface area (Å²) in [5, 5.41) is 3.96. The Kier molecular flexibility index (Phi) is 6.28. The van der Waals surface area contributed by atoms with Gasteiger partial charge in [-0.3, -0.25) is 4.98 Å². The van der Waals surface area contributed by atoms with Crippen LogP contribution in [-0.4, -0.2) is 30.7 Å². The molecule has 0 atom stereocenters. The maximum Gasteiger partial charge on any atom is 0.178 e. The van der Waals surface area contributed by atoms with E-state index in [9.17, 15) is 8.42 Å². The van der Waals surface area contributed by atoms with Crippen LogP contribution in [0.5, 0.6) is 0 Å². The molecule has 2 heterocycles. The Bertz CT molecular complexity index is 1380. The molecule has 1 N–H and O–H groups in total. The normalized spacial score (nSPS) is 11.2. The molecule has 0 saturated carbocycles. The summed E-state index contributed by atoms with van der Waals surface area (Å²) in [4.78, 5) is 10.3. The van der Waals surface area contributed by atoms with Gasteiger partial charge in [0, 0.05) is 40.1 Å². The number of hydrogen-bond donors (Lipinski definition) is 1. The minimum atomic E-state index is -3.52. The average Bonchev–Trinajstić information content (AvgIpc) is 3.26. The molecule has 0 aliphatic carbocycles. The third-order valence-electron chi connectivity index (χ3n) is 4.99. The SMILES string of the molecule is [N-]=[N+]=NCCS(=O)(=O)c1ccc(-c2cc(-c3ccncc3)c(-c3ccc(Cl)cc3)[nH]2)cc1. The van der Waals surface area contributed by atoms with Crippen molar-refractivity contribution in [1.29, 1.82) is 0 Å². The van der Waals surface area contributed by atoms with E-state index in [4.69, 9.17) is 17.1 Å². The molecule has 0 saturated heterocycles. The van der Waals surface area contributed by atoms with Gasteiger partial charge in [-0.25, -0.2) is 8.42 Å². The molecule has 9 heteroatoms. The van der Waals surface area contributed by atoms with Gasteiger partial charge in [0.05, 0.1) is 16.3 Å². The lowest BCUT2D eigenvalue weighted by atomic mass is 10.0. The number of aromatic amines is 1. The van der Waals surface area contributed by atoms with E-state index in [2.05, 4.69) is 20.0 Å². The third kappa shape index (κ3) is 4.68. The van der Waals surface area contributed by atoms with Gasteiger partial charge in [0.15, 0.2) is 9.84 Å². The number of rotatable bonds is 7. The molecule has 0 bridgehead atoms. The molecule has 160 valence electrons. The lowest BCUT2D eigenvalue weighted by Crippen LogP contribution is -2.08. The Labute approximate surface area is 190 Å². The molecule has 7 nitrogen and oxygen atoms in total. The summed E-state index contributed by atoms with van der Waals surface area (Å²) in [7, 11) is -3.52. The van der Waals surface area contributed by atoms with Crippen LogP contribution < -0.4 is 0 Å². The molecule has 0 spiro atoms. The highest BCUT2D eigenvalue weighted by Crippen LogP contribution is 2.36. The second kappa shape index (κ2) is 9.28. The molecule has 2 aromatic carbocycles. The van der Waals surface area contributed by atoms with E-state index >= 15 is 0 Å². The van der Waals surface area contributed by atoms with Crippen LogP contribution in [0.15, 0.2) is 89.1 Å². The van der Waals surface area contributed by atoms with Crippen molar-refractivity contribution < 1.29 is 8.42 Å². The fraction of sp³-hybridized carbons (Fsp3) is 0.0870. The van der Waals surface area contributed by atoms with Crippen LogP contribution in [0, 0.1) is 0 Å². The van der Waals surface area contributed by atoms with Gasteiger partial charge in [-0.2, -0.15) is 0 Å². The second-order valence-corrected chi connectivity index (χ2v) is 9.56. The highest BCUT2D eigenvalue weighted by molar-refractivity contribution is 7.91. The van der Waals surface area contributed by atoms with Crippen LogP contribution in [0.2, 0.25) is 5.02 Å². The van der Waals surface area contributed by atoms with Crippen LogP contribution in [0.3, 0.4) is 0 Å². The van der Waals surface area contributed by atoms with Crippen molar-refractivity contribution >= 4 is 21.4 Å². The summed E-state index contributed by atoms with van der Waals surface area (Å²) in [6.45, 7) is -0.100. The molecule has 0 aliphatic rings. The van der Waals surface area contributed by atoms with Crippen LogP contribution >= 0.6 is 11.6 Å². The number of nitrogens with zero attached hydrogens (tertiary/aromatic N) is 4. The van der Waals surface area contributed by atoms with Crippen molar-refractivity contribution in [3.8, 4) is 33.6 Å². The Balaban J connectivity index is 1.73. The quantitative estimate of drug-likeness (QED) is 0.201. The fourth-order valence-corrected chi connectivity index (χ4v) is 4.61. The van der Waals surface area contributed by atoms with Crippen LogP contribution in [0.4, 0.5) is 0 Å². The second-order valence-electron chi connectivity index (χ2n) is 7.01. The highest BCUT2D eigenvalue weighted by Gasteiger charge is 2.16. The molecule has 4 aromatic rings. The zero-order valence-electron chi connectivity index (χ0n) is 16.8. The molecule has 4 rings (SSSR count). The van der Waals surface area contributed by atoms with E-state index in [1.165, 1.54) is 0 Å². The number of pyridine rings is 1. The zero-order chi connectivity index (χ0) is 22.6. The number of aromatic nitrogens is 2. The topological polar surface area (TPSA) is 112 Å². The molecule has 0 aliphatic heterocycles. The lowest BCUT2D eigenvalue weighted by Gasteiger charge is -2.05. The summed E-state index contributed by atoms with van der Waals surface area (Å²) in [6, 6.07) is 20.1. The van der Waals surface area contributed by atoms with Gasteiger partial charge in [0.1, 0.15) is 0 Å². The Hall–Kier alpha value is -3.58. The molecule has 32 heavy (non-hydrogen) atoms. The smallest absolute Gasteiger partial charge is 0.178 e. The van der Waals surface area contributed by atoms with Gasteiger partial charge in [-0.15, -0.1) is 0 Å². The van der Waals surface area contributed by atoms with E-state index in [0.29, 0.717) is 5.02 Å². The molecule has 0 unspecified atom stereocenters. The van der Waals surface area contributed by atoms with Crippen LogP contribution in [0.1, 0.15) is 0 Å². The van der Waals surface area contributed by atoms with Crippen molar-refractivity contribution in [2.75, 3.05) is 12.3 Å². The number of halogens is 1. The molecule has 0 amide bonds. The summed E-state index contributed by atoms with van der Waals surface area (Å²) >= 11 is 6.06. The van der Waals surface area contributed by atoms with E-state index < -0.39 is 9.84 Å². The van der Waals surface area contributed by atoms with E-state index in [1.54, 1.807) is 36.7 Å². The first-order chi connectivity index (χ1) is 15.5. The van der Waals surface area contributed by atoms with E-state index in [-0.39, 0.29) is 17.2 Å². The maximum absolute atomic E-state index is 12.4. The first-order valence-corrected chi connectivity index (χ1v) is 11.7. The van der Waals surface area contributed by atoms with Crippen molar-refractivity contribution in [2.24, 2.45) is 5.11 Å². The Morgan fingerprint density at radius 2 is 1.59 bits per heavy atom. The van der Waals surface area contributed by atoms with Gasteiger partial charge in [-0.1, -0.05) is 41.0 Å². The number of hydrogen-bond acceptors (Lipinski definition) is 4. The molecular weight excluding hydrogens is 446 g/mol. The van der Waals surface area contributed by atoms with Gasteiger partial charge in [0.25, 0.3) is 0 Å². The number of H-pyrrole nitrogens is 1. The minimum Gasteiger partial charge on any atom is -0.354 e. The van der Waals surface area contributed by atoms with Crippen molar-refractivity contribution in [1.82, 2.24) is 9.97 Å². The first-order valence-electron chi connectivity index (χ1n) is 9.71. The first kappa shape index (κ1) is 21.6. The predicted octanol–water partition coefficient (Wildman–Crippen LogP) is 6.15. The summed E-state index contributed by atoms with van der Waals surface area (Å²) in [5.41, 5.74) is 13.9. The van der Waals surface area contributed by atoms with Crippen molar-refractivity contribution in [2.45, 2.75) is 4.90 Å². The van der Waals surface area contributed by atoms with Gasteiger partial charge >= 0.3 is 0 Å². The minimum absolute atomic E-state index is 0.100. The van der Waals surface area contributed by atoms with Crippen LogP contribution in [-0.2, 0) is 9.84 Å². The lowest BCUT2D eigenvalue weighted by molar-refractivity contribution is 0.596. The standard InChI is InChI=1S/C23H18ClN5O2S/c24-19-5-1-18(2-6-19)23-21(16-9-11-26-12-10-16)15-22(28-23)17-3-7-20(8-4-17)32(30,31)14-13-27-29-25/h1-12,15,28H,13-14H2. The average molecular weight is 464 g/mol. The largest absolute Gasteiger partial charge is 0.354 e. The molecule has 2 aromatic heterocycles. The monoisotopic (exact) mass is 463 g/mol. The number of nitrogens with one attached hydrogen (secondary N) is 1. The number of azide groups is 1. The number of sulfone groups is 1.